The van der Waals surface area contributed by atoms with Crippen LogP contribution in [0.4, 0.5) is 0 Å². The van der Waals surface area contributed by atoms with Crippen LogP contribution in [0.25, 0.3) is 22.0 Å². The lowest BCUT2D eigenvalue weighted by molar-refractivity contribution is -0.132. The van der Waals surface area contributed by atoms with Crippen LogP contribution in [-0.2, 0) is 17.8 Å². The Balaban J connectivity index is 1.17. The highest BCUT2D eigenvalue weighted by molar-refractivity contribution is 7.09. The number of hydrogen-bond donors (Lipinski definition) is 0. The number of hydrogen-bond acceptors (Lipinski definition) is 4. The molecule has 4 aromatic rings. The van der Waals surface area contributed by atoms with Crippen LogP contribution < -0.4 is 0 Å². The summed E-state index contributed by atoms with van der Waals surface area (Å²) in [6.07, 6.45) is 0.457. The Hall–Kier alpha value is -2.73. The van der Waals surface area contributed by atoms with Crippen molar-refractivity contribution in [1.29, 1.82) is 0 Å². The Morgan fingerprint density at radius 1 is 0.938 bits per heavy atom. The molecular formula is C26H24ClN3OS. The minimum Gasteiger partial charge on any atom is -0.340 e. The molecule has 3 aromatic carbocycles. The van der Waals surface area contributed by atoms with Gasteiger partial charge >= 0.3 is 0 Å². The number of nitrogens with zero attached hydrogens (tertiary/aromatic N) is 3. The van der Waals surface area contributed by atoms with Crippen molar-refractivity contribution < 1.29 is 4.79 Å². The molecule has 162 valence electrons. The zero-order chi connectivity index (χ0) is 21.9. The first-order chi connectivity index (χ1) is 15.7. The maximum atomic E-state index is 12.9. The maximum absolute atomic E-state index is 12.9. The van der Waals surface area contributed by atoms with Crippen LogP contribution in [0, 0.1) is 0 Å². The summed E-state index contributed by atoms with van der Waals surface area (Å²) in [5.74, 6) is 0.209. The van der Waals surface area contributed by atoms with Crippen LogP contribution in [0.5, 0.6) is 0 Å². The van der Waals surface area contributed by atoms with Gasteiger partial charge in [0.15, 0.2) is 0 Å². The summed E-state index contributed by atoms with van der Waals surface area (Å²) in [7, 11) is 0. The Morgan fingerprint density at radius 2 is 1.69 bits per heavy atom. The summed E-state index contributed by atoms with van der Waals surface area (Å²) >= 11 is 7.67. The Kier molecular flexibility index (Phi) is 6.21. The predicted octanol–water partition coefficient (Wildman–Crippen LogP) is 5.50. The van der Waals surface area contributed by atoms with Gasteiger partial charge in [-0.15, -0.1) is 11.3 Å². The number of aromatic nitrogens is 1. The van der Waals surface area contributed by atoms with E-state index in [1.807, 2.05) is 47.4 Å². The van der Waals surface area contributed by atoms with Crippen LogP contribution in [0.15, 0.2) is 72.1 Å². The van der Waals surface area contributed by atoms with E-state index in [1.54, 1.807) is 11.3 Å². The zero-order valence-electron chi connectivity index (χ0n) is 17.7. The lowest BCUT2D eigenvalue weighted by Gasteiger charge is -2.34. The first-order valence-electron chi connectivity index (χ1n) is 10.8. The summed E-state index contributed by atoms with van der Waals surface area (Å²) in [5.41, 5.74) is 3.18. The molecule has 0 bridgehead atoms. The van der Waals surface area contributed by atoms with Crippen LogP contribution in [-0.4, -0.2) is 46.9 Å². The van der Waals surface area contributed by atoms with Gasteiger partial charge in [-0.3, -0.25) is 9.69 Å². The van der Waals surface area contributed by atoms with Crippen LogP contribution >= 0.6 is 22.9 Å². The fraction of sp³-hybridized carbons (Fsp3) is 0.231. The van der Waals surface area contributed by atoms with Gasteiger partial charge in [0.1, 0.15) is 5.01 Å². The number of thiazole rings is 1. The van der Waals surface area contributed by atoms with Crippen molar-refractivity contribution in [2.75, 3.05) is 26.2 Å². The third-order valence-corrected chi connectivity index (χ3v) is 7.08. The lowest BCUT2D eigenvalue weighted by Crippen LogP contribution is -2.48. The normalized spacial score (nSPS) is 14.7. The fourth-order valence-electron chi connectivity index (χ4n) is 4.20. The Morgan fingerprint density at radius 3 is 2.50 bits per heavy atom. The Bertz CT molecular complexity index is 1220. The molecule has 0 N–H and O–H groups in total. The van der Waals surface area contributed by atoms with Crippen molar-refractivity contribution in [2.24, 2.45) is 0 Å². The molecule has 6 heteroatoms. The minimum atomic E-state index is 0.209. The summed E-state index contributed by atoms with van der Waals surface area (Å²) in [4.78, 5) is 22.1. The Labute approximate surface area is 197 Å². The number of benzene rings is 3. The molecule has 0 radical (unpaired) electrons. The third kappa shape index (κ3) is 4.70. The lowest BCUT2D eigenvalue weighted by atomic mass is 10.0. The number of fused-ring (bicyclic) bond motifs is 1. The van der Waals surface area contributed by atoms with Crippen molar-refractivity contribution in [1.82, 2.24) is 14.8 Å². The highest BCUT2D eigenvalue weighted by atomic mass is 35.5. The topological polar surface area (TPSA) is 36.4 Å². The van der Waals surface area contributed by atoms with Crippen LogP contribution in [0.2, 0.25) is 5.02 Å². The quantitative estimate of drug-likeness (QED) is 0.393. The molecule has 1 fully saturated rings. The second-order valence-electron chi connectivity index (χ2n) is 8.11. The van der Waals surface area contributed by atoms with Gasteiger partial charge in [-0.25, -0.2) is 4.98 Å². The van der Waals surface area contributed by atoms with Crippen LogP contribution in [0.1, 0.15) is 10.6 Å². The van der Waals surface area contributed by atoms with Crippen molar-refractivity contribution in [3.63, 3.8) is 0 Å². The molecule has 1 amide bonds. The van der Waals surface area contributed by atoms with E-state index in [4.69, 9.17) is 16.6 Å². The predicted molar refractivity (Wildman–Crippen MR) is 132 cm³/mol. The second kappa shape index (κ2) is 9.41. The van der Waals surface area contributed by atoms with Crippen molar-refractivity contribution in [3.05, 3.63) is 87.7 Å². The number of carbonyl (C=O) groups excluding carboxylic acids is 1. The van der Waals surface area contributed by atoms with Gasteiger partial charge in [-0.2, -0.15) is 0 Å². The highest BCUT2D eigenvalue weighted by Gasteiger charge is 2.22. The smallest absolute Gasteiger partial charge is 0.227 e. The van der Waals surface area contributed by atoms with E-state index in [-0.39, 0.29) is 5.91 Å². The van der Waals surface area contributed by atoms with Gasteiger partial charge in [0.05, 0.1) is 18.7 Å². The molecule has 1 aliphatic heterocycles. The molecule has 0 unspecified atom stereocenters. The minimum absolute atomic E-state index is 0.209. The van der Waals surface area contributed by atoms with E-state index in [2.05, 4.69) is 34.5 Å². The second-order valence-corrected chi connectivity index (χ2v) is 9.48. The molecular weight excluding hydrogens is 438 g/mol. The summed E-state index contributed by atoms with van der Waals surface area (Å²) in [6.45, 7) is 4.09. The van der Waals surface area contributed by atoms with Crippen molar-refractivity contribution >= 4 is 39.6 Å². The molecule has 1 aromatic heterocycles. The zero-order valence-corrected chi connectivity index (χ0v) is 19.3. The average Bonchev–Trinajstić information content (AvgIpc) is 3.29. The average molecular weight is 462 g/mol. The van der Waals surface area contributed by atoms with Gasteiger partial charge in [-0.05, 0) is 28.5 Å². The van der Waals surface area contributed by atoms with Gasteiger partial charge in [-0.1, -0.05) is 66.2 Å². The van der Waals surface area contributed by atoms with E-state index >= 15 is 0 Å². The number of carbonyl (C=O) groups is 1. The van der Waals surface area contributed by atoms with Gasteiger partial charge in [0.25, 0.3) is 0 Å². The molecule has 0 atom stereocenters. The van der Waals surface area contributed by atoms with Crippen molar-refractivity contribution in [2.45, 2.75) is 13.0 Å². The first-order valence-corrected chi connectivity index (χ1v) is 12.1. The molecule has 32 heavy (non-hydrogen) atoms. The van der Waals surface area contributed by atoms with E-state index in [0.717, 1.165) is 59.6 Å². The van der Waals surface area contributed by atoms with E-state index in [9.17, 15) is 4.79 Å². The summed E-state index contributed by atoms with van der Waals surface area (Å²) < 4.78 is 0. The van der Waals surface area contributed by atoms with E-state index in [1.165, 1.54) is 10.8 Å². The molecule has 1 saturated heterocycles. The monoisotopic (exact) mass is 461 g/mol. The van der Waals surface area contributed by atoms with Gasteiger partial charge in [0.2, 0.25) is 5.91 Å². The number of halogens is 1. The molecule has 2 heterocycles. The maximum Gasteiger partial charge on any atom is 0.227 e. The molecule has 1 aliphatic rings. The first kappa shape index (κ1) is 21.1. The van der Waals surface area contributed by atoms with E-state index < -0.39 is 0 Å². The molecule has 0 spiro atoms. The fourth-order valence-corrected chi connectivity index (χ4v) is 5.18. The van der Waals surface area contributed by atoms with Gasteiger partial charge < -0.3 is 4.90 Å². The number of rotatable bonds is 5. The molecule has 4 nitrogen and oxygen atoms in total. The number of amides is 1. The number of piperazine rings is 1. The standard InChI is InChI=1S/C26H24ClN3OS/c27-22-10-8-20(9-11-22)24-18-32-25(28-24)17-29-12-14-30(15-13-29)26(31)16-21-6-3-5-19-4-1-2-7-23(19)21/h1-11,18H,12-17H2. The third-order valence-electron chi connectivity index (χ3n) is 6.00. The summed E-state index contributed by atoms with van der Waals surface area (Å²) in [6, 6.07) is 22.3. The summed E-state index contributed by atoms with van der Waals surface area (Å²) in [5, 5.41) is 6.29. The van der Waals surface area contributed by atoms with E-state index in [0.29, 0.717) is 6.42 Å². The molecule has 0 saturated carbocycles. The molecule has 5 rings (SSSR count). The highest BCUT2D eigenvalue weighted by Crippen LogP contribution is 2.25. The molecule has 0 aliphatic carbocycles. The van der Waals surface area contributed by atoms with Gasteiger partial charge in [0, 0.05) is 42.1 Å². The largest absolute Gasteiger partial charge is 0.340 e. The van der Waals surface area contributed by atoms with Crippen LogP contribution in [0.3, 0.4) is 0 Å². The van der Waals surface area contributed by atoms with Crippen molar-refractivity contribution in [3.8, 4) is 11.3 Å². The SMILES string of the molecule is O=C(Cc1cccc2ccccc12)N1CCN(Cc2nc(-c3ccc(Cl)cc3)cs2)CC1.